The number of aromatic nitrogens is 1. The molecule has 3 rings (SSSR count). The van der Waals surface area contributed by atoms with Crippen molar-refractivity contribution in [1.82, 2.24) is 4.98 Å². The zero-order chi connectivity index (χ0) is 18.5. The fourth-order valence-corrected chi connectivity index (χ4v) is 2.96. The third-order valence-corrected chi connectivity index (χ3v) is 4.13. The zero-order valence-corrected chi connectivity index (χ0v) is 15.2. The van der Waals surface area contributed by atoms with Crippen LogP contribution < -0.4 is 16.0 Å². The van der Waals surface area contributed by atoms with Crippen LogP contribution in [-0.4, -0.2) is 4.98 Å². The lowest BCUT2D eigenvalue weighted by Gasteiger charge is -2.12. The van der Waals surface area contributed by atoms with E-state index in [4.69, 9.17) is 0 Å². The molecule has 0 amide bonds. The Kier molecular flexibility index (Phi) is 5.10. The second kappa shape index (κ2) is 7.63. The number of rotatable bonds is 4. The van der Waals surface area contributed by atoms with E-state index >= 15 is 0 Å². The molecule has 2 heteroatoms. The van der Waals surface area contributed by atoms with Gasteiger partial charge in [0.15, 0.2) is 0 Å². The van der Waals surface area contributed by atoms with Gasteiger partial charge >= 0.3 is 0 Å². The monoisotopic (exact) mass is 338 g/mol. The van der Waals surface area contributed by atoms with Crippen LogP contribution in [0.15, 0.2) is 83.3 Å². The molecule has 1 aliphatic rings. The van der Waals surface area contributed by atoms with Crippen LogP contribution in [0.5, 0.6) is 0 Å². The van der Waals surface area contributed by atoms with E-state index < -0.39 is 0 Å². The molecule has 0 fully saturated rings. The minimum atomic E-state index is 0.809. The number of nitrogens with one attached hydrogen (secondary N) is 2. The zero-order valence-electron chi connectivity index (χ0n) is 15.2. The summed E-state index contributed by atoms with van der Waals surface area (Å²) < 4.78 is 0. The third kappa shape index (κ3) is 3.63. The van der Waals surface area contributed by atoms with Gasteiger partial charge in [-0.2, -0.15) is 0 Å². The van der Waals surface area contributed by atoms with Crippen molar-refractivity contribution in [3.63, 3.8) is 0 Å². The molecule has 0 aliphatic heterocycles. The molecule has 2 N–H and O–H groups in total. The topological polar surface area (TPSA) is 27.8 Å². The number of allylic oxidation sites excluding steroid dienone is 6. The van der Waals surface area contributed by atoms with Gasteiger partial charge in [-0.3, -0.25) is 0 Å². The highest BCUT2D eigenvalue weighted by Gasteiger charge is 2.15. The van der Waals surface area contributed by atoms with E-state index in [0.717, 1.165) is 44.4 Å². The maximum absolute atomic E-state index is 4.19. The summed E-state index contributed by atoms with van der Waals surface area (Å²) in [4.78, 5) is 3.26. The molecule has 1 aromatic heterocycles. The number of hydrogen-bond acceptors (Lipinski definition) is 1. The molecule has 0 saturated heterocycles. The van der Waals surface area contributed by atoms with E-state index in [2.05, 4.69) is 41.0 Å². The van der Waals surface area contributed by atoms with Crippen LogP contribution in [0.1, 0.15) is 19.4 Å². The van der Waals surface area contributed by atoms with Gasteiger partial charge in [-0.05, 0) is 55.4 Å². The van der Waals surface area contributed by atoms with Gasteiger partial charge < -0.3 is 10.3 Å². The molecule has 0 atom stereocenters. The number of anilines is 2. The van der Waals surface area contributed by atoms with Crippen molar-refractivity contribution in [3.8, 4) is 0 Å². The fraction of sp³-hybridized carbons (Fsp3) is 0.0833. The Bertz CT molecular complexity index is 1110. The van der Waals surface area contributed by atoms with Crippen LogP contribution in [-0.2, 0) is 0 Å². The maximum atomic E-state index is 4.19. The summed E-state index contributed by atoms with van der Waals surface area (Å²) in [5.74, 6) is 0. The van der Waals surface area contributed by atoms with Crippen LogP contribution in [0.25, 0.3) is 18.7 Å². The van der Waals surface area contributed by atoms with Crippen molar-refractivity contribution in [3.05, 3.63) is 99.6 Å². The van der Waals surface area contributed by atoms with Crippen molar-refractivity contribution in [2.24, 2.45) is 0 Å². The van der Waals surface area contributed by atoms with Gasteiger partial charge in [-0.1, -0.05) is 43.5 Å². The second-order valence-electron chi connectivity index (χ2n) is 6.08. The first-order valence-corrected chi connectivity index (χ1v) is 8.56. The van der Waals surface area contributed by atoms with Crippen molar-refractivity contribution in [2.75, 3.05) is 5.32 Å². The van der Waals surface area contributed by atoms with Gasteiger partial charge in [-0.25, -0.2) is 0 Å². The summed E-state index contributed by atoms with van der Waals surface area (Å²) in [7, 11) is 0. The molecule has 0 unspecified atom stereocenters. The van der Waals surface area contributed by atoms with Gasteiger partial charge in [-0.15, -0.1) is 11.5 Å². The van der Waals surface area contributed by atoms with E-state index in [0.29, 0.717) is 0 Å². The van der Waals surface area contributed by atoms with Crippen LogP contribution in [0.4, 0.5) is 11.4 Å². The van der Waals surface area contributed by atoms with Gasteiger partial charge in [0.1, 0.15) is 0 Å². The highest BCUT2D eigenvalue weighted by Crippen LogP contribution is 2.27. The number of aromatic amines is 1. The fourth-order valence-electron chi connectivity index (χ4n) is 2.96. The molecule has 1 heterocycles. The van der Waals surface area contributed by atoms with Crippen LogP contribution in [0, 0.1) is 0 Å². The average molecular weight is 338 g/mol. The standard InChI is InChI=1S/C24H22N2/c1-5-22(20-13-9-6-8-12-17(2)16-20)23-18(3)25-19(4)24(23)26-21-14-10-7-11-15-21/h5-7,9-15,25-26H,3-4H2,1-2H3/b13-9?,22-5+. The molecular formula is C24H22N2. The summed E-state index contributed by atoms with van der Waals surface area (Å²) >= 11 is 0. The first-order chi connectivity index (χ1) is 12.6. The first-order valence-electron chi connectivity index (χ1n) is 8.56. The molecule has 0 spiro atoms. The van der Waals surface area contributed by atoms with Crippen LogP contribution in [0.2, 0.25) is 0 Å². The molecule has 1 aromatic carbocycles. The number of benzene rings is 1. The Balaban J connectivity index is 2.17. The third-order valence-electron chi connectivity index (χ3n) is 4.13. The van der Waals surface area contributed by atoms with E-state index in [1.54, 1.807) is 0 Å². The minimum Gasteiger partial charge on any atom is -0.354 e. The van der Waals surface area contributed by atoms with Crippen molar-refractivity contribution in [1.29, 1.82) is 0 Å². The summed E-state index contributed by atoms with van der Waals surface area (Å²) in [6.07, 6.45) is 9.92. The molecule has 0 saturated carbocycles. The molecule has 2 aromatic rings. The first kappa shape index (κ1) is 17.4. The summed E-state index contributed by atoms with van der Waals surface area (Å²) in [5.41, 5.74) is 12.6. The largest absolute Gasteiger partial charge is 0.354 e. The number of H-pyrrole nitrogens is 1. The van der Waals surface area contributed by atoms with E-state index in [1.807, 2.05) is 68.5 Å². The Morgan fingerprint density at radius 2 is 1.92 bits per heavy atom. The van der Waals surface area contributed by atoms with Gasteiger partial charge in [0.05, 0.1) is 11.0 Å². The normalized spacial score (nSPS) is 13.8. The Morgan fingerprint density at radius 1 is 1.15 bits per heavy atom. The van der Waals surface area contributed by atoms with Crippen LogP contribution in [0.3, 0.4) is 0 Å². The summed E-state index contributed by atoms with van der Waals surface area (Å²) in [6, 6.07) is 10.1. The highest BCUT2D eigenvalue weighted by molar-refractivity contribution is 5.89. The molecule has 128 valence electrons. The second-order valence-corrected chi connectivity index (χ2v) is 6.08. The molecular weight excluding hydrogens is 316 g/mol. The smallest absolute Gasteiger partial charge is 0.0718 e. The quantitative estimate of drug-likeness (QED) is 0.775. The number of hydrogen-bond donors (Lipinski definition) is 2. The lowest BCUT2D eigenvalue weighted by Crippen LogP contribution is -2.08. The Hall–Kier alpha value is -3.44. The highest BCUT2D eigenvalue weighted by atomic mass is 14.9. The van der Waals surface area contributed by atoms with Crippen molar-refractivity contribution >= 4 is 30.1 Å². The van der Waals surface area contributed by atoms with E-state index in [9.17, 15) is 0 Å². The predicted molar refractivity (Wildman–Crippen MR) is 112 cm³/mol. The maximum Gasteiger partial charge on any atom is 0.0718 e. The van der Waals surface area contributed by atoms with Crippen molar-refractivity contribution in [2.45, 2.75) is 13.8 Å². The lowest BCUT2D eigenvalue weighted by molar-refractivity contribution is 1.28. The molecule has 26 heavy (non-hydrogen) atoms. The summed E-state index contributed by atoms with van der Waals surface area (Å²) in [5, 5.41) is 5.12. The van der Waals surface area contributed by atoms with E-state index in [-0.39, 0.29) is 0 Å². The molecule has 0 bridgehead atoms. The Labute approximate surface area is 154 Å². The minimum absolute atomic E-state index is 0.809. The van der Waals surface area contributed by atoms with Crippen LogP contribution >= 0.6 is 0 Å². The average Bonchev–Trinajstić information content (AvgIpc) is 2.88. The van der Waals surface area contributed by atoms with E-state index in [1.165, 1.54) is 0 Å². The number of para-hydroxylation sites is 1. The predicted octanol–water partition coefficient (Wildman–Crippen LogP) is 4.73. The van der Waals surface area contributed by atoms with Crippen molar-refractivity contribution < 1.29 is 0 Å². The summed E-state index contributed by atoms with van der Waals surface area (Å²) in [6.45, 7) is 12.4. The van der Waals surface area contributed by atoms with Gasteiger partial charge in [0, 0.05) is 22.2 Å². The SMILES string of the molecule is C=c1[nH]c(=C)c(/C(=C/C)C2=C=C(C)C=C=CC=C2)c1Nc1ccccc1. The molecule has 0 radical (unpaired) electrons. The van der Waals surface area contributed by atoms with Gasteiger partial charge in [0.25, 0.3) is 0 Å². The molecule has 2 nitrogen and oxygen atoms in total. The van der Waals surface area contributed by atoms with Gasteiger partial charge in [0.2, 0.25) is 0 Å². The molecule has 1 aliphatic carbocycles. The Morgan fingerprint density at radius 3 is 2.65 bits per heavy atom. The lowest BCUT2D eigenvalue weighted by atomic mass is 9.96.